The average molecular weight is 311 g/mol. The molecular weight excluding hydrogens is 300 g/mol. The van der Waals surface area contributed by atoms with E-state index in [0.717, 1.165) is 11.8 Å². The van der Waals surface area contributed by atoms with Crippen LogP contribution in [0.25, 0.3) is 5.69 Å². The maximum Gasteiger partial charge on any atom is 0.275 e. The molecular formula is C12H11ClN4O2S. The number of hydrogen-bond acceptors (Lipinski definition) is 5. The normalized spacial score (nSPS) is 10.4. The number of nitrogen functional groups attached to an aromatic ring is 1. The lowest BCUT2D eigenvalue weighted by Crippen LogP contribution is -2.19. The van der Waals surface area contributed by atoms with Crippen molar-refractivity contribution in [2.45, 2.75) is 5.16 Å². The van der Waals surface area contributed by atoms with Crippen molar-refractivity contribution in [2.24, 2.45) is 5.73 Å². The lowest BCUT2D eigenvalue weighted by molar-refractivity contribution is -0.115. The second-order valence-electron chi connectivity index (χ2n) is 3.87. The second kappa shape index (κ2) is 5.98. The van der Waals surface area contributed by atoms with Gasteiger partial charge in [0.15, 0.2) is 5.16 Å². The van der Waals surface area contributed by atoms with Gasteiger partial charge in [0.25, 0.3) is 5.56 Å². The van der Waals surface area contributed by atoms with Crippen LogP contribution in [-0.4, -0.2) is 21.2 Å². The van der Waals surface area contributed by atoms with E-state index in [1.54, 1.807) is 28.8 Å². The molecule has 0 bridgehead atoms. The predicted octanol–water partition coefficient (Wildman–Crippen LogP) is 1.05. The summed E-state index contributed by atoms with van der Waals surface area (Å²) in [6.45, 7) is 0. The van der Waals surface area contributed by atoms with Gasteiger partial charge < -0.3 is 11.5 Å². The van der Waals surface area contributed by atoms with Crippen LogP contribution in [0.3, 0.4) is 0 Å². The molecule has 0 aliphatic carbocycles. The highest BCUT2D eigenvalue weighted by molar-refractivity contribution is 7.99. The summed E-state index contributed by atoms with van der Waals surface area (Å²) in [4.78, 5) is 26.2. The first kappa shape index (κ1) is 14.4. The molecule has 0 atom stereocenters. The molecule has 0 fully saturated rings. The highest BCUT2D eigenvalue weighted by atomic mass is 35.5. The number of benzene rings is 1. The molecule has 8 heteroatoms. The van der Waals surface area contributed by atoms with Crippen molar-refractivity contribution in [2.75, 3.05) is 11.5 Å². The van der Waals surface area contributed by atoms with E-state index < -0.39 is 11.5 Å². The van der Waals surface area contributed by atoms with Crippen molar-refractivity contribution >= 4 is 35.1 Å². The van der Waals surface area contributed by atoms with Crippen LogP contribution in [0.1, 0.15) is 0 Å². The number of carbonyl (C=O) groups is 1. The smallest absolute Gasteiger partial charge is 0.275 e. The molecule has 0 radical (unpaired) electrons. The standard InChI is InChI=1S/C12H11ClN4O2S/c13-7-1-3-8(4-2-7)17-9(14)5-11(19)16-12(17)20-6-10(15)18/h1-5H,6,14H2,(H2,15,18). The molecule has 0 aliphatic heterocycles. The first-order valence-corrected chi connectivity index (χ1v) is 6.90. The highest BCUT2D eigenvalue weighted by Crippen LogP contribution is 2.23. The zero-order valence-corrected chi connectivity index (χ0v) is 11.8. The summed E-state index contributed by atoms with van der Waals surface area (Å²) in [6, 6.07) is 8.06. The number of amides is 1. The summed E-state index contributed by atoms with van der Waals surface area (Å²) in [5.74, 6) is -0.280. The minimum atomic E-state index is -0.505. The molecule has 0 saturated carbocycles. The van der Waals surface area contributed by atoms with Crippen LogP contribution in [0.2, 0.25) is 5.02 Å². The Hall–Kier alpha value is -1.99. The molecule has 4 N–H and O–H groups in total. The second-order valence-corrected chi connectivity index (χ2v) is 5.25. The number of halogens is 1. The summed E-state index contributed by atoms with van der Waals surface area (Å²) < 4.78 is 1.56. The Bertz CT molecular complexity index is 700. The molecule has 20 heavy (non-hydrogen) atoms. The molecule has 0 unspecified atom stereocenters. The molecule has 1 heterocycles. The van der Waals surface area contributed by atoms with Crippen molar-refractivity contribution in [3.05, 3.63) is 45.7 Å². The summed E-state index contributed by atoms with van der Waals surface area (Å²) in [7, 11) is 0. The van der Waals surface area contributed by atoms with E-state index in [1.165, 1.54) is 6.07 Å². The fourth-order valence-corrected chi connectivity index (χ4v) is 2.45. The number of primary amides is 1. The lowest BCUT2D eigenvalue weighted by Gasteiger charge is -2.14. The number of carbonyl (C=O) groups excluding carboxylic acids is 1. The fraction of sp³-hybridized carbons (Fsp3) is 0.0833. The van der Waals surface area contributed by atoms with Gasteiger partial charge in [-0.1, -0.05) is 23.4 Å². The van der Waals surface area contributed by atoms with Gasteiger partial charge in [0.2, 0.25) is 5.91 Å². The maximum atomic E-state index is 11.4. The number of hydrogen-bond donors (Lipinski definition) is 2. The van der Waals surface area contributed by atoms with Crippen molar-refractivity contribution in [3.8, 4) is 5.69 Å². The van der Waals surface area contributed by atoms with Gasteiger partial charge in [0.05, 0.1) is 5.75 Å². The molecule has 0 aliphatic rings. The van der Waals surface area contributed by atoms with E-state index >= 15 is 0 Å². The predicted molar refractivity (Wildman–Crippen MR) is 79.2 cm³/mol. The van der Waals surface area contributed by atoms with Crippen LogP contribution in [-0.2, 0) is 4.79 Å². The molecule has 104 valence electrons. The third-order valence-electron chi connectivity index (χ3n) is 2.36. The Labute approximate surface area is 123 Å². The molecule has 6 nitrogen and oxygen atoms in total. The molecule has 2 rings (SSSR count). The van der Waals surface area contributed by atoms with E-state index in [2.05, 4.69) is 4.98 Å². The molecule has 2 aromatic rings. The number of nitrogens with two attached hydrogens (primary N) is 2. The third-order valence-corrected chi connectivity index (χ3v) is 3.57. The summed E-state index contributed by atoms with van der Waals surface area (Å²) in [6.07, 6.45) is 0. The Morgan fingerprint density at radius 2 is 2.00 bits per heavy atom. The van der Waals surface area contributed by atoms with Crippen LogP contribution in [0.4, 0.5) is 5.82 Å². The third kappa shape index (κ3) is 3.31. The zero-order valence-electron chi connectivity index (χ0n) is 10.2. The van der Waals surface area contributed by atoms with Gasteiger partial charge in [-0.25, -0.2) is 0 Å². The number of rotatable bonds is 4. The monoisotopic (exact) mass is 310 g/mol. The zero-order chi connectivity index (χ0) is 14.7. The maximum absolute atomic E-state index is 11.4. The van der Waals surface area contributed by atoms with Crippen LogP contribution < -0.4 is 17.0 Å². The highest BCUT2D eigenvalue weighted by Gasteiger charge is 2.11. The van der Waals surface area contributed by atoms with Crippen LogP contribution in [0, 0.1) is 0 Å². The number of nitrogens with zero attached hydrogens (tertiary/aromatic N) is 2. The molecule has 1 amide bonds. The SMILES string of the molecule is NC(=O)CSc1nc(=O)cc(N)n1-c1ccc(Cl)cc1. The fourth-order valence-electron chi connectivity index (χ4n) is 1.56. The lowest BCUT2D eigenvalue weighted by atomic mass is 10.3. The van der Waals surface area contributed by atoms with Gasteiger partial charge in [-0.15, -0.1) is 0 Å². The topological polar surface area (TPSA) is 104 Å². The summed E-state index contributed by atoms with van der Waals surface area (Å²) >= 11 is 6.88. The van der Waals surface area contributed by atoms with E-state index in [-0.39, 0.29) is 11.6 Å². The summed E-state index contributed by atoms with van der Waals surface area (Å²) in [5, 5.41) is 0.879. The largest absolute Gasteiger partial charge is 0.385 e. The first-order chi connectivity index (χ1) is 9.47. The minimum absolute atomic E-state index is 0.00346. The van der Waals surface area contributed by atoms with E-state index in [0.29, 0.717) is 15.9 Å². The average Bonchev–Trinajstić information content (AvgIpc) is 2.37. The van der Waals surface area contributed by atoms with Crippen molar-refractivity contribution in [1.29, 1.82) is 0 Å². The van der Waals surface area contributed by atoms with Crippen molar-refractivity contribution < 1.29 is 4.79 Å². The summed E-state index contributed by atoms with van der Waals surface area (Å²) in [5.41, 5.74) is 11.2. The van der Waals surface area contributed by atoms with Gasteiger partial charge in [-0.2, -0.15) is 4.98 Å². The Balaban J connectivity index is 2.52. The van der Waals surface area contributed by atoms with Crippen molar-refractivity contribution in [3.63, 3.8) is 0 Å². The number of aromatic nitrogens is 2. The molecule has 0 saturated heterocycles. The molecule has 1 aromatic carbocycles. The Kier molecular flexibility index (Phi) is 4.31. The van der Waals surface area contributed by atoms with Crippen LogP contribution in [0.15, 0.2) is 40.3 Å². The minimum Gasteiger partial charge on any atom is -0.385 e. The number of thioether (sulfide) groups is 1. The Morgan fingerprint density at radius 3 is 2.60 bits per heavy atom. The molecule has 1 aromatic heterocycles. The van der Waals surface area contributed by atoms with Gasteiger partial charge in [0.1, 0.15) is 5.82 Å². The van der Waals surface area contributed by atoms with Crippen LogP contribution in [0.5, 0.6) is 0 Å². The Morgan fingerprint density at radius 1 is 1.35 bits per heavy atom. The van der Waals surface area contributed by atoms with Crippen LogP contribution >= 0.6 is 23.4 Å². The van der Waals surface area contributed by atoms with E-state index in [4.69, 9.17) is 23.1 Å². The van der Waals surface area contributed by atoms with E-state index in [9.17, 15) is 9.59 Å². The van der Waals surface area contributed by atoms with Gasteiger partial charge in [-0.05, 0) is 24.3 Å². The van der Waals surface area contributed by atoms with Crippen molar-refractivity contribution in [1.82, 2.24) is 9.55 Å². The quantitative estimate of drug-likeness (QED) is 0.648. The van der Waals surface area contributed by atoms with E-state index in [1.807, 2.05) is 0 Å². The van der Waals surface area contributed by atoms with Gasteiger partial charge in [-0.3, -0.25) is 14.2 Å². The first-order valence-electron chi connectivity index (χ1n) is 5.54. The van der Waals surface area contributed by atoms with Gasteiger partial charge >= 0.3 is 0 Å². The van der Waals surface area contributed by atoms with Gasteiger partial charge in [0, 0.05) is 16.8 Å². The molecule has 0 spiro atoms. The number of anilines is 1.